The van der Waals surface area contributed by atoms with Crippen LogP contribution in [-0.4, -0.2) is 35.2 Å². The Labute approximate surface area is 174 Å². The normalized spacial score (nSPS) is 10.8. The van der Waals surface area contributed by atoms with Gasteiger partial charge in [-0.1, -0.05) is 19.0 Å². The molecule has 2 aromatic rings. The number of carbonyl (C=O) groups excluding carboxylic acids is 3. The molecular formula is C21H26N2O5S. The number of Topliss-reactive ketones (excluding diaryl/α,β-unsaturated/α-hetero) is 1. The molecule has 2 rings (SSSR count). The Hall–Kier alpha value is -2.61. The Bertz CT molecular complexity index is 839. The molecule has 1 aromatic heterocycles. The van der Waals surface area contributed by atoms with Crippen LogP contribution in [0.4, 0.5) is 5.69 Å². The number of hydrogen-bond donors (Lipinski definition) is 1. The Kier molecular flexibility index (Phi) is 8.45. The summed E-state index contributed by atoms with van der Waals surface area (Å²) in [5, 5.41) is 6.65. The Morgan fingerprint density at radius 1 is 1.17 bits per heavy atom. The standard InChI is InChI=1S/C21H26N2O5S/c1-13(2)9-20(25)22-17-7-5-16(6-8-17)19(24)10-27-21(26)12-29-11-18-14(3)23-28-15(18)4/h5-8,13H,9-12H2,1-4H3,(H,22,25). The summed E-state index contributed by atoms with van der Waals surface area (Å²) in [6, 6.07) is 6.53. The van der Waals surface area contributed by atoms with Gasteiger partial charge in [0.25, 0.3) is 0 Å². The molecule has 1 heterocycles. The van der Waals surface area contributed by atoms with Crippen LogP contribution in [0.1, 0.15) is 47.6 Å². The smallest absolute Gasteiger partial charge is 0.316 e. The zero-order valence-corrected chi connectivity index (χ0v) is 17.9. The molecule has 0 spiro atoms. The number of esters is 1. The number of ether oxygens (including phenoxy) is 1. The highest BCUT2D eigenvalue weighted by Gasteiger charge is 2.13. The Morgan fingerprint density at radius 3 is 2.45 bits per heavy atom. The Morgan fingerprint density at radius 2 is 1.86 bits per heavy atom. The van der Waals surface area contributed by atoms with E-state index in [9.17, 15) is 14.4 Å². The highest BCUT2D eigenvalue weighted by Crippen LogP contribution is 2.19. The number of anilines is 1. The molecule has 0 radical (unpaired) electrons. The van der Waals surface area contributed by atoms with Gasteiger partial charge in [0, 0.05) is 29.0 Å². The van der Waals surface area contributed by atoms with Crippen molar-refractivity contribution >= 4 is 35.1 Å². The molecule has 0 aliphatic carbocycles. The first-order valence-corrected chi connectivity index (χ1v) is 10.5. The molecule has 29 heavy (non-hydrogen) atoms. The summed E-state index contributed by atoms with van der Waals surface area (Å²) in [4.78, 5) is 35.8. The van der Waals surface area contributed by atoms with E-state index in [4.69, 9.17) is 9.26 Å². The fraction of sp³-hybridized carbons (Fsp3) is 0.429. The quantitative estimate of drug-likeness (QED) is 0.461. The van der Waals surface area contributed by atoms with E-state index in [1.165, 1.54) is 11.8 Å². The monoisotopic (exact) mass is 418 g/mol. The van der Waals surface area contributed by atoms with Gasteiger partial charge in [0.05, 0.1) is 11.4 Å². The van der Waals surface area contributed by atoms with Crippen LogP contribution in [0.25, 0.3) is 0 Å². The van der Waals surface area contributed by atoms with E-state index in [0.717, 1.165) is 17.0 Å². The van der Waals surface area contributed by atoms with Gasteiger partial charge in [0.15, 0.2) is 12.4 Å². The number of thioether (sulfide) groups is 1. The third-order valence-electron chi connectivity index (χ3n) is 4.10. The third kappa shape index (κ3) is 7.38. The van der Waals surface area contributed by atoms with Gasteiger partial charge in [0.2, 0.25) is 5.91 Å². The molecule has 0 saturated heterocycles. The average Bonchev–Trinajstić information content (AvgIpc) is 2.98. The van der Waals surface area contributed by atoms with Crippen molar-refractivity contribution in [3.63, 3.8) is 0 Å². The van der Waals surface area contributed by atoms with Crippen LogP contribution in [0, 0.1) is 19.8 Å². The van der Waals surface area contributed by atoms with Crippen LogP contribution in [0.5, 0.6) is 0 Å². The maximum atomic E-state index is 12.2. The number of ketones is 1. The van der Waals surface area contributed by atoms with E-state index in [2.05, 4.69) is 10.5 Å². The average molecular weight is 419 g/mol. The highest BCUT2D eigenvalue weighted by atomic mass is 32.2. The molecule has 8 heteroatoms. The van der Waals surface area contributed by atoms with Gasteiger partial charge >= 0.3 is 5.97 Å². The molecule has 0 aliphatic rings. The van der Waals surface area contributed by atoms with Gasteiger partial charge in [-0.05, 0) is 44.0 Å². The zero-order chi connectivity index (χ0) is 21.4. The number of nitrogens with zero attached hydrogens (tertiary/aromatic N) is 1. The number of benzene rings is 1. The summed E-state index contributed by atoms with van der Waals surface area (Å²) >= 11 is 1.38. The van der Waals surface area contributed by atoms with Gasteiger partial charge in [0.1, 0.15) is 5.76 Å². The summed E-state index contributed by atoms with van der Waals surface area (Å²) < 4.78 is 10.1. The zero-order valence-electron chi connectivity index (χ0n) is 17.1. The lowest BCUT2D eigenvalue weighted by Crippen LogP contribution is -2.16. The van der Waals surface area contributed by atoms with Crippen LogP contribution in [0.15, 0.2) is 28.8 Å². The van der Waals surface area contributed by atoms with Gasteiger partial charge in [-0.3, -0.25) is 14.4 Å². The summed E-state index contributed by atoms with van der Waals surface area (Å²) in [5.74, 6) is 0.922. The number of rotatable bonds is 10. The van der Waals surface area contributed by atoms with E-state index in [-0.39, 0.29) is 30.0 Å². The second-order valence-electron chi connectivity index (χ2n) is 7.10. The molecule has 0 saturated carbocycles. The Balaban J connectivity index is 1.74. The van der Waals surface area contributed by atoms with Crippen LogP contribution in [0.2, 0.25) is 0 Å². The fourth-order valence-electron chi connectivity index (χ4n) is 2.54. The first kappa shape index (κ1) is 22.7. The minimum Gasteiger partial charge on any atom is -0.457 e. The van der Waals surface area contributed by atoms with Crippen molar-refractivity contribution in [2.24, 2.45) is 5.92 Å². The van der Waals surface area contributed by atoms with Crippen molar-refractivity contribution < 1.29 is 23.6 Å². The lowest BCUT2D eigenvalue weighted by atomic mass is 10.1. The van der Waals surface area contributed by atoms with E-state index < -0.39 is 5.97 Å². The SMILES string of the molecule is Cc1noc(C)c1CSCC(=O)OCC(=O)c1ccc(NC(=O)CC(C)C)cc1. The van der Waals surface area contributed by atoms with Crippen LogP contribution in [0.3, 0.4) is 0 Å². The van der Waals surface area contributed by atoms with Crippen molar-refractivity contribution in [1.82, 2.24) is 5.16 Å². The van der Waals surface area contributed by atoms with E-state index in [1.54, 1.807) is 24.3 Å². The second-order valence-corrected chi connectivity index (χ2v) is 8.09. The summed E-state index contributed by atoms with van der Waals surface area (Å²) in [5.41, 5.74) is 2.82. The van der Waals surface area contributed by atoms with E-state index >= 15 is 0 Å². The molecule has 1 amide bonds. The highest BCUT2D eigenvalue weighted by molar-refractivity contribution is 7.99. The van der Waals surface area contributed by atoms with Gasteiger partial charge in [-0.15, -0.1) is 11.8 Å². The lowest BCUT2D eigenvalue weighted by molar-refractivity contribution is -0.139. The topological polar surface area (TPSA) is 98.5 Å². The third-order valence-corrected chi connectivity index (χ3v) is 5.03. The predicted molar refractivity (Wildman–Crippen MR) is 112 cm³/mol. The van der Waals surface area contributed by atoms with Gasteiger partial charge < -0.3 is 14.6 Å². The molecule has 156 valence electrons. The van der Waals surface area contributed by atoms with E-state index in [0.29, 0.717) is 23.4 Å². The number of hydrogen-bond acceptors (Lipinski definition) is 7. The van der Waals surface area contributed by atoms with E-state index in [1.807, 2.05) is 27.7 Å². The number of carbonyl (C=O) groups is 3. The number of aryl methyl sites for hydroxylation is 2. The number of amides is 1. The lowest BCUT2D eigenvalue weighted by Gasteiger charge is -2.08. The van der Waals surface area contributed by atoms with Crippen molar-refractivity contribution in [3.8, 4) is 0 Å². The second kappa shape index (κ2) is 10.8. The molecular weight excluding hydrogens is 392 g/mol. The molecule has 1 N–H and O–H groups in total. The first-order valence-electron chi connectivity index (χ1n) is 9.34. The number of nitrogens with one attached hydrogen (secondary N) is 1. The molecule has 0 bridgehead atoms. The predicted octanol–water partition coefficient (Wildman–Crippen LogP) is 3.94. The molecule has 0 unspecified atom stereocenters. The molecule has 1 aromatic carbocycles. The van der Waals surface area contributed by atoms with Crippen LogP contribution in [-0.2, 0) is 20.1 Å². The van der Waals surface area contributed by atoms with Crippen LogP contribution < -0.4 is 5.32 Å². The van der Waals surface area contributed by atoms with Gasteiger partial charge in [-0.2, -0.15) is 0 Å². The van der Waals surface area contributed by atoms with Crippen molar-refractivity contribution in [2.45, 2.75) is 39.9 Å². The summed E-state index contributed by atoms with van der Waals surface area (Å²) in [6.45, 7) is 7.30. The van der Waals surface area contributed by atoms with Crippen molar-refractivity contribution in [3.05, 3.63) is 46.8 Å². The maximum absolute atomic E-state index is 12.2. The molecule has 0 fully saturated rings. The number of aromatic nitrogens is 1. The van der Waals surface area contributed by atoms with Crippen LogP contribution >= 0.6 is 11.8 Å². The van der Waals surface area contributed by atoms with Crippen molar-refractivity contribution in [1.29, 1.82) is 0 Å². The molecule has 0 atom stereocenters. The molecule has 0 aliphatic heterocycles. The minimum atomic E-state index is -0.451. The fourth-order valence-corrected chi connectivity index (χ4v) is 3.51. The minimum absolute atomic E-state index is 0.0675. The first-order chi connectivity index (χ1) is 13.8. The molecule has 7 nitrogen and oxygen atoms in total. The largest absolute Gasteiger partial charge is 0.457 e. The maximum Gasteiger partial charge on any atom is 0.316 e. The summed E-state index contributed by atoms with van der Waals surface area (Å²) in [7, 11) is 0. The van der Waals surface area contributed by atoms with Gasteiger partial charge in [-0.25, -0.2) is 0 Å². The summed E-state index contributed by atoms with van der Waals surface area (Å²) in [6.07, 6.45) is 0.435. The van der Waals surface area contributed by atoms with Crippen molar-refractivity contribution in [2.75, 3.05) is 17.7 Å².